The Morgan fingerprint density at radius 3 is 2.00 bits per heavy atom. The van der Waals surface area contributed by atoms with Crippen LogP contribution < -0.4 is 0 Å². The Morgan fingerprint density at radius 2 is 1.88 bits per heavy atom. The van der Waals surface area contributed by atoms with Gasteiger partial charge in [-0.15, -0.1) is 0 Å². The van der Waals surface area contributed by atoms with E-state index in [0.29, 0.717) is 0 Å². The van der Waals surface area contributed by atoms with E-state index in [1.807, 2.05) is 0 Å². The van der Waals surface area contributed by atoms with Crippen LogP contribution in [-0.2, 0) is 0 Å². The molecule has 2 aliphatic carbocycles. The zero-order valence-corrected chi connectivity index (χ0v) is 8.49. The second-order valence-corrected chi connectivity index (χ2v) is 7.01. The zero-order chi connectivity index (χ0) is 5.61. The first-order valence-electron chi connectivity index (χ1n) is 3.57. The van der Waals surface area contributed by atoms with E-state index in [9.17, 15) is 0 Å². The number of rotatable bonds is 0. The van der Waals surface area contributed by atoms with Crippen molar-refractivity contribution in [2.24, 2.45) is 5.92 Å². The van der Waals surface area contributed by atoms with Gasteiger partial charge in [0.2, 0.25) is 0 Å². The zero-order valence-electron chi connectivity index (χ0n) is 5.19. The van der Waals surface area contributed by atoms with Gasteiger partial charge in [0.25, 0.3) is 0 Å². The van der Waals surface area contributed by atoms with Gasteiger partial charge in [-0.1, -0.05) is 0 Å². The molecule has 0 amide bonds. The summed E-state index contributed by atoms with van der Waals surface area (Å²) in [6, 6.07) is 0. The molecule has 0 N–H and O–H groups in total. The van der Waals surface area contributed by atoms with Crippen LogP contribution in [0.1, 0.15) is 32.1 Å². The molecule has 0 nitrogen and oxygen atoms in total. The topological polar surface area (TPSA) is 0 Å². The molecule has 0 aromatic heterocycles. The van der Waals surface area contributed by atoms with Crippen LogP contribution in [0.5, 0.6) is 0 Å². The molecule has 2 rings (SSSR count). The maximum absolute atomic E-state index is 1.61. The predicted octanol–water partition coefficient (Wildman–Crippen LogP) is 1.37. The van der Waals surface area contributed by atoms with Crippen LogP contribution in [0, 0.1) is 5.92 Å². The van der Waals surface area contributed by atoms with Crippen LogP contribution in [0.4, 0.5) is 0 Å². The van der Waals surface area contributed by atoms with Crippen LogP contribution in [0.15, 0.2) is 0 Å². The molecule has 2 bridgehead atoms. The molecule has 2 aliphatic rings. The molecule has 0 heterocycles. The first-order chi connectivity index (χ1) is 3.79. The van der Waals surface area contributed by atoms with E-state index in [2.05, 4.69) is 0 Å². The summed E-state index contributed by atoms with van der Waals surface area (Å²) in [6.07, 6.45) is 7.91. The summed E-state index contributed by atoms with van der Waals surface area (Å²) in [6.45, 7) is 0. The average Bonchev–Trinajstić information content (AvgIpc) is 2.21. The van der Waals surface area contributed by atoms with Gasteiger partial charge >= 0.3 is 64.4 Å². The van der Waals surface area contributed by atoms with Gasteiger partial charge < -0.3 is 0 Å². The van der Waals surface area contributed by atoms with Crippen LogP contribution in [-0.4, -0.2) is 23.0 Å². The summed E-state index contributed by atoms with van der Waals surface area (Å²) in [5.74, 6) is 1.17. The quantitative estimate of drug-likeness (QED) is 0.539. The fourth-order valence-corrected chi connectivity index (χ4v) is 4.14. The van der Waals surface area contributed by atoms with Gasteiger partial charge in [0.05, 0.1) is 0 Å². The Balaban J connectivity index is 2.19. The molecule has 0 spiro atoms. The minimum atomic E-state index is 0.940. The van der Waals surface area contributed by atoms with Gasteiger partial charge in [0.15, 0.2) is 0 Å². The normalized spacial score (nSPS) is 52.9. The molecular formula is C7H13Sb. The molecular weight excluding hydrogens is 206 g/mol. The van der Waals surface area contributed by atoms with Crippen LogP contribution in [0.25, 0.3) is 0 Å². The van der Waals surface area contributed by atoms with E-state index in [1.54, 1.807) is 32.1 Å². The molecule has 46 valence electrons. The summed E-state index contributed by atoms with van der Waals surface area (Å²) in [7, 11) is 0. The van der Waals surface area contributed by atoms with E-state index >= 15 is 0 Å². The minimum absolute atomic E-state index is 0.940. The monoisotopic (exact) mass is 218 g/mol. The second kappa shape index (κ2) is 1.66. The first kappa shape index (κ1) is 5.59. The third-order valence-electron chi connectivity index (χ3n) is 2.80. The molecule has 0 aromatic rings. The molecule has 0 atom stereocenters. The van der Waals surface area contributed by atoms with Crippen molar-refractivity contribution in [1.29, 1.82) is 0 Å². The Hall–Kier alpha value is 0.818. The van der Waals surface area contributed by atoms with E-state index in [-0.39, 0.29) is 0 Å². The SMILES string of the molecule is [SbH2][C]12CCC(CC1)C2. The second-order valence-electron chi connectivity index (χ2n) is 3.51. The average molecular weight is 219 g/mol. The maximum atomic E-state index is 1.61. The van der Waals surface area contributed by atoms with Gasteiger partial charge in [-0.3, -0.25) is 0 Å². The summed E-state index contributed by atoms with van der Waals surface area (Å²) in [5, 5.41) is 0. The third-order valence-corrected chi connectivity index (χ3v) is 5.12. The van der Waals surface area contributed by atoms with Gasteiger partial charge in [-0.25, -0.2) is 0 Å². The van der Waals surface area contributed by atoms with E-state index in [1.165, 1.54) is 28.9 Å². The van der Waals surface area contributed by atoms with Crippen molar-refractivity contribution in [3.8, 4) is 0 Å². The van der Waals surface area contributed by atoms with Crippen LogP contribution in [0.2, 0.25) is 3.36 Å². The van der Waals surface area contributed by atoms with Gasteiger partial charge in [0.1, 0.15) is 0 Å². The van der Waals surface area contributed by atoms with E-state index < -0.39 is 0 Å². The molecule has 2 fully saturated rings. The van der Waals surface area contributed by atoms with Gasteiger partial charge in [-0.05, 0) is 0 Å². The summed E-state index contributed by atoms with van der Waals surface area (Å²) < 4.78 is 0.940. The Morgan fingerprint density at radius 1 is 1.25 bits per heavy atom. The summed E-state index contributed by atoms with van der Waals surface area (Å²) in [4.78, 5) is 0. The molecule has 8 heavy (non-hydrogen) atoms. The molecule has 0 aromatic carbocycles. The van der Waals surface area contributed by atoms with Crippen molar-refractivity contribution in [3.63, 3.8) is 0 Å². The molecule has 0 unspecified atom stereocenters. The molecule has 2 saturated carbocycles. The Bertz CT molecular complexity index is 101. The Labute approximate surface area is 64.5 Å². The van der Waals surface area contributed by atoms with Crippen molar-refractivity contribution in [1.82, 2.24) is 0 Å². The number of fused-ring (bicyclic) bond motifs is 2. The van der Waals surface area contributed by atoms with Crippen LogP contribution >= 0.6 is 0 Å². The van der Waals surface area contributed by atoms with Crippen molar-refractivity contribution >= 4 is 23.0 Å². The van der Waals surface area contributed by atoms with Crippen molar-refractivity contribution in [2.45, 2.75) is 35.5 Å². The number of hydrogen-bond acceptors (Lipinski definition) is 0. The fraction of sp³-hybridized carbons (Fsp3) is 1.00. The molecule has 0 radical (unpaired) electrons. The molecule has 1 heteroatoms. The molecule has 0 saturated heterocycles. The first-order valence-corrected chi connectivity index (χ1v) is 5.22. The van der Waals surface area contributed by atoms with Crippen molar-refractivity contribution in [2.75, 3.05) is 0 Å². The summed E-state index contributed by atoms with van der Waals surface area (Å²) in [5.41, 5.74) is 0. The van der Waals surface area contributed by atoms with Crippen molar-refractivity contribution < 1.29 is 0 Å². The fourth-order valence-electron chi connectivity index (χ4n) is 2.24. The van der Waals surface area contributed by atoms with Crippen LogP contribution in [0.3, 0.4) is 0 Å². The third kappa shape index (κ3) is 0.727. The van der Waals surface area contributed by atoms with E-state index in [4.69, 9.17) is 0 Å². The van der Waals surface area contributed by atoms with Crippen molar-refractivity contribution in [3.05, 3.63) is 0 Å². The number of hydrogen-bond donors (Lipinski definition) is 0. The van der Waals surface area contributed by atoms with Gasteiger partial charge in [-0.2, -0.15) is 0 Å². The Kier molecular flexibility index (Phi) is 1.16. The van der Waals surface area contributed by atoms with Gasteiger partial charge in [0, 0.05) is 0 Å². The molecule has 0 aliphatic heterocycles. The van der Waals surface area contributed by atoms with E-state index in [0.717, 1.165) is 3.36 Å². The summed E-state index contributed by atoms with van der Waals surface area (Å²) >= 11 is 1.54. The standard InChI is InChI=1S/C7H11.Sb.2H/c1-2-7-4-3-6(1)5-7;;;/h6H,1-5H2;;;. The predicted molar refractivity (Wildman–Crippen MR) is 37.8 cm³/mol.